The molecule has 12 heteroatoms. The standard InChI is InChI=1S/2C4H7NO4.2Ca/c2*5-2(4(8)9)1-3(6)7;;/h2*2H,1,5H2,(H,6,7)(H,8,9);;/q;;2*+2/p-4/t2*2-;;/m10../s1. The van der Waals surface area contributed by atoms with Crippen LogP contribution in [0.2, 0.25) is 0 Å². The van der Waals surface area contributed by atoms with Crippen LogP contribution >= 0.6 is 0 Å². The minimum Gasteiger partial charge on any atom is -0.550 e. The number of rotatable bonds is 6. The molecule has 0 saturated carbocycles. The van der Waals surface area contributed by atoms with Crippen molar-refractivity contribution in [2.75, 3.05) is 0 Å². The van der Waals surface area contributed by atoms with E-state index in [2.05, 4.69) is 0 Å². The zero-order valence-electron chi connectivity index (χ0n) is 10.4. The summed E-state index contributed by atoms with van der Waals surface area (Å²) in [6.45, 7) is 0. The van der Waals surface area contributed by atoms with Crippen molar-refractivity contribution in [1.82, 2.24) is 0 Å². The Bertz CT molecular complexity index is 306. The maximum atomic E-state index is 9.71. The molecule has 10 nitrogen and oxygen atoms in total. The van der Waals surface area contributed by atoms with Crippen molar-refractivity contribution >= 4 is 99.4 Å². The summed E-state index contributed by atoms with van der Waals surface area (Å²) in [7, 11) is 0. The predicted molar refractivity (Wildman–Crippen MR) is 56.7 cm³/mol. The van der Waals surface area contributed by atoms with Crippen LogP contribution in [0.3, 0.4) is 0 Å². The molecule has 4 N–H and O–H groups in total. The van der Waals surface area contributed by atoms with Crippen molar-refractivity contribution in [3.8, 4) is 0 Å². The van der Waals surface area contributed by atoms with Gasteiger partial charge < -0.3 is 51.1 Å². The Morgan fingerprint density at radius 3 is 0.950 bits per heavy atom. The van der Waals surface area contributed by atoms with E-state index in [1.54, 1.807) is 0 Å². The Kier molecular flexibility index (Phi) is 22.4. The number of carboxylic acid groups (broad SMARTS) is 4. The normalized spacial score (nSPS) is 11.3. The number of carboxylic acids is 4. The topological polar surface area (TPSA) is 213 Å². The molecule has 0 aromatic rings. The van der Waals surface area contributed by atoms with Gasteiger partial charge >= 0.3 is 75.5 Å². The zero-order chi connectivity index (χ0) is 14.9. The second kappa shape index (κ2) is 15.7. The van der Waals surface area contributed by atoms with Crippen molar-refractivity contribution < 1.29 is 39.6 Å². The molecule has 104 valence electrons. The van der Waals surface area contributed by atoms with Gasteiger partial charge in [-0.25, -0.2) is 0 Å². The molecule has 0 bridgehead atoms. The van der Waals surface area contributed by atoms with Gasteiger partial charge in [-0.1, -0.05) is 0 Å². The van der Waals surface area contributed by atoms with Gasteiger partial charge in [-0.05, 0) is 0 Å². The Balaban J connectivity index is -0.000000116. The van der Waals surface area contributed by atoms with E-state index in [9.17, 15) is 39.6 Å². The molecule has 2 atom stereocenters. The maximum absolute atomic E-state index is 9.71. The third-order valence-electron chi connectivity index (χ3n) is 1.38. The Labute approximate surface area is 173 Å². The van der Waals surface area contributed by atoms with Crippen molar-refractivity contribution in [2.24, 2.45) is 11.5 Å². The number of hydrogen-bond acceptors (Lipinski definition) is 10. The molecule has 0 aromatic carbocycles. The first kappa shape index (κ1) is 28.5. The van der Waals surface area contributed by atoms with Crippen molar-refractivity contribution in [3.63, 3.8) is 0 Å². The van der Waals surface area contributed by atoms with E-state index in [0.717, 1.165) is 0 Å². The summed E-state index contributed by atoms with van der Waals surface area (Å²) < 4.78 is 0. The molecule has 0 radical (unpaired) electrons. The van der Waals surface area contributed by atoms with Crippen molar-refractivity contribution in [2.45, 2.75) is 24.9 Å². The van der Waals surface area contributed by atoms with Gasteiger partial charge in [0.1, 0.15) is 0 Å². The first-order valence-electron chi connectivity index (χ1n) is 4.40. The smallest absolute Gasteiger partial charge is 0.550 e. The fraction of sp³-hybridized carbons (Fsp3) is 0.500. The van der Waals surface area contributed by atoms with Crippen LogP contribution in [0.5, 0.6) is 0 Å². The molecule has 0 fully saturated rings. The molecule has 0 amide bonds. The van der Waals surface area contributed by atoms with Crippen LogP contribution in [-0.4, -0.2) is 111 Å². The van der Waals surface area contributed by atoms with E-state index in [1.807, 2.05) is 0 Å². The van der Waals surface area contributed by atoms with Gasteiger partial charge in [0, 0.05) is 36.9 Å². The first-order valence-corrected chi connectivity index (χ1v) is 4.40. The van der Waals surface area contributed by atoms with Crippen LogP contribution in [0.15, 0.2) is 0 Å². The molecular weight excluding hydrogens is 332 g/mol. The third-order valence-corrected chi connectivity index (χ3v) is 1.38. The van der Waals surface area contributed by atoms with Gasteiger partial charge in [0.15, 0.2) is 0 Å². The van der Waals surface area contributed by atoms with E-state index in [-0.39, 0.29) is 75.5 Å². The molecule has 0 unspecified atom stereocenters. The van der Waals surface area contributed by atoms with Gasteiger partial charge in [-0.15, -0.1) is 0 Å². The van der Waals surface area contributed by atoms with Gasteiger partial charge in [0.2, 0.25) is 0 Å². The number of hydrogen-bond donors (Lipinski definition) is 2. The molecule has 0 aliphatic heterocycles. The van der Waals surface area contributed by atoms with Crippen LogP contribution in [0.25, 0.3) is 0 Å². The molecule has 20 heavy (non-hydrogen) atoms. The van der Waals surface area contributed by atoms with Crippen LogP contribution in [0.1, 0.15) is 12.8 Å². The summed E-state index contributed by atoms with van der Waals surface area (Å²) in [6.07, 6.45) is -1.41. The summed E-state index contributed by atoms with van der Waals surface area (Å²) >= 11 is 0. The zero-order valence-corrected chi connectivity index (χ0v) is 14.8. The quantitative estimate of drug-likeness (QED) is 0.435. The largest absolute Gasteiger partial charge is 2.00 e. The van der Waals surface area contributed by atoms with Gasteiger partial charge in [0.25, 0.3) is 0 Å². The Morgan fingerprint density at radius 1 is 0.700 bits per heavy atom. The molecule has 0 aromatic heterocycles. The van der Waals surface area contributed by atoms with E-state index in [1.165, 1.54) is 0 Å². The Morgan fingerprint density at radius 2 is 0.900 bits per heavy atom. The minimum atomic E-state index is -1.58. The fourth-order valence-corrected chi connectivity index (χ4v) is 0.526. The number of nitrogens with two attached hydrogens (primary N) is 2. The van der Waals surface area contributed by atoms with Gasteiger partial charge in [0.05, 0.1) is 11.9 Å². The first-order chi connectivity index (χ1) is 8.07. The molecule has 0 saturated heterocycles. The monoisotopic (exact) mass is 342 g/mol. The number of aliphatic carboxylic acids is 4. The summed E-state index contributed by atoms with van der Waals surface area (Å²) in [6, 6.07) is -2.93. The molecule has 0 aliphatic rings. The molecular formula is C8H10Ca2N2O8. The molecule has 0 rings (SSSR count). The number of carbonyl (C=O) groups excluding carboxylic acids is 4. The average Bonchev–Trinajstić information content (AvgIpc) is 2.16. The summed E-state index contributed by atoms with van der Waals surface area (Å²) in [5.41, 5.74) is 9.47. The van der Waals surface area contributed by atoms with Gasteiger partial charge in [-0.3, -0.25) is 0 Å². The SMILES string of the molecule is N[C@@H](CC(=O)[O-])C(=O)[O-].N[C@H](CC(=O)[O-])C(=O)[O-].[Ca+2].[Ca+2]. The molecule has 0 aliphatic carbocycles. The summed E-state index contributed by atoms with van der Waals surface area (Å²) in [5, 5.41) is 38.7. The Hall–Kier alpha value is 0.319. The number of carbonyl (C=O) groups is 4. The van der Waals surface area contributed by atoms with E-state index in [4.69, 9.17) is 11.5 Å². The second-order valence-electron chi connectivity index (χ2n) is 3.00. The summed E-state index contributed by atoms with van der Waals surface area (Å²) in [4.78, 5) is 38.7. The fourth-order valence-electron chi connectivity index (χ4n) is 0.526. The van der Waals surface area contributed by atoms with Gasteiger partial charge in [-0.2, -0.15) is 0 Å². The maximum Gasteiger partial charge on any atom is 2.00 e. The predicted octanol–water partition coefficient (Wildman–Crippen LogP) is -8.35. The summed E-state index contributed by atoms with van der Waals surface area (Å²) in [5.74, 6) is -6.16. The average molecular weight is 342 g/mol. The van der Waals surface area contributed by atoms with Crippen LogP contribution in [0, 0.1) is 0 Å². The van der Waals surface area contributed by atoms with Crippen LogP contribution < -0.4 is 31.9 Å². The van der Waals surface area contributed by atoms with Crippen molar-refractivity contribution in [1.29, 1.82) is 0 Å². The van der Waals surface area contributed by atoms with Crippen LogP contribution in [-0.2, 0) is 19.2 Å². The third kappa shape index (κ3) is 20.6. The molecule has 0 heterocycles. The van der Waals surface area contributed by atoms with Crippen LogP contribution in [0.4, 0.5) is 0 Å². The van der Waals surface area contributed by atoms with E-state index >= 15 is 0 Å². The van der Waals surface area contributed by atoms with E-state index < -0.39 is 48.8 Å². The van der Waals surface area contributed by atoms with Crippen molar-refractivity contribution in [3.05, 3.63) is 0 Å². The minimum absolute atomic E-state index is 0. The molecule has 0 spiro atoms. The van der Waals surface area contributed by atoms with E-state index in [0.29, 0.717) is 0 Å². The second-order valence-corrected chi connectivity index (χ2v) is 3.00.